The maximum absolute atomic E-state index is 12.3. The van der Waals surface area contributed by atoms with E-state index in [9.17, 15) is 8.42 Å². The first kappa shape index (κ1) is 15.3. The van der Waals surface area contributed by atoms with Crippen molar-refractivity contribution in [3.63, 3.8) is 0 Å². The molecule has 0 aliphatic rings. The molecule has 0 aliphatic carbocycles. The monoisotopic (exact) mass is 310 g/mol. The first-order valence-electron chi connectivity index (χ1n) is 6.49. The highest BCUT2D eigenvalue weighted by atomic mass is 32.2. The molecule has 0 radical (unpaired) electrons. The van der Waals surface area contributed by atoms with Crippen molar-refractivity contribution in [2.45, 2.75) is 18.9 Å². The summed E-state index contributed by atoms with van der Waals surface area (Å²) in [4.78, 5) is 0. The Labute approximate surface area is 124 Å². The largest absolute Gasteiger partial charge is 0.491 e. The Hall–Kier alpha value is -2.09. The predicted molar refractivity (Wildman–Crippen MR) is 78.6 cm³/mol. The molecule has 0 saturated heterocycles. The first-order chi connectivity index (χ1) is 9.90. The molecule has 0 bridgehead atoms. The molecular formula is C13H18N4O3S. The SMILES string of the molecule is CC(C)COc1ccccc1NS(=O)(=O)c1cnnn1C. The lowest BCUT2D eigenvalue weighted by Gasteiger charge is -2.14. The van der Waals surface area contributed by atoms with E-state index in [1.54, 1.807) is 24.3 Å². The number of aromatic nitrogens is 3. The average molecular weight is 310 g/mol. The van der Waals surface area contributed by atoms with Crippen LogP contribution in [0.4, 0.5) is 5.69 Å². The molecule has 8 heteroatoms. The summed E-state index contributed by atoms with van der Waals surface area (Å²) in [5.41, 5.74) is 0.388. The number of hydrogen-bond donors (Lipinski definition) is 1. The van der Waals surface area contributed by atoms with Gasteiger partial charge in [-0.3, -0.25) is 4.72 Å². The minimum Gasteiger partial charge on any atom is -0.491 e. The standard InChI is InChI=1S/C13H18N4O3S/c1-10(2)9-20-12-7-5-4-6-11(12)15-21(18,19)13-8-14-16-17(13)3/h4-8,10,15H,9H2,1-3H3. The van der Waals surface area contributed by atoms with Crippen molar-refractivity contribution in [2.75, 3.05) is 11.3 Å². The lowest BCUT2D eigenvalue weighted by atomic mass is 10.2. The Balaban J connectivity index is 2.25. The molecule has 1 aromatic carbocycles. The van der Waals surface area contributed by atoms with Crippen molar-refractivity contribution in [1.29, 1.82) is 0 Å². The van der Waals surface area contributed by atoms with Crippen molar-refractivity contribution in [2.24, 2.45) is 13.0 Å². The van der Waals surface area contributed by atoms with E-state index in [1.807, 2.05) is 13.8 Å². The third-order valence-electron chi connectivity index (χ3n) is 2.65. The van der Waals surface area contributed by atoms with Crippen LogP contribution in [-0.4, -0.2) is 30.0 Å². The summed E-state index contributed by atoms with van der Waals surface area (Å²) in [5, 5.41) is 7.18. The van der Waals surface area contributed by atoms with Crippen LogP contribution in [0.1, 0.15) is 13.8 Å². The maximum Gasteiger partial charge on any atom is 0.280 e. The van der Waals surface area contributed by atoms with Crippen LogP contribution in [0.3, 0.4) is 0 Å². The second-order valence-electron chi connectivity index (χ2n) is 5.00. The second kappa shape index (κ2) is 6.13. The highest BCUT2D eigenvalue weighted by Gasteiger charge is 2.20. The minimum absolute atomic E-state index is 0.0128. The van der Waals surface area contributed by atoms with Gasteiger partial charge in [0.1, 0.15) is 5.75 Å². The molecule has 1 heterocycles. The number of nitrogens with zero attached hydrogens (tertiary/aromatic N) is 3. The van der Waals surface area contributed by atoms with Crippen LogP contribution in [0, 0.1) is 5.92 Å². The van der Waals surface area contributed by atoms with E-state index in [0.717, 1.165) is 0 Å². The Bertz CT molecular complexity index is 710. The quantitative estimate of drug-likeness (QED) is 0.876. The van der Waals surface area contributed by atoms with E-state index in [1.165, 1.54) is 17.9 Å². The van der Waals surface area contributed by atoms with Gasteiger partial charge >= 0.3 is 0 Å². The fourth-order valence-corrected chi connectivity index (χ4v) is 2.79. The summed E-state index contributed by atoms with van der Waals surface area (Å²) in [7, 11) is -2.24. The van der Waals surface area contributed by atoms with Gasteiger partial charge in [-0.15, -0.1) is 5.10 Å². The molecule has 0 aliphatic heterocycles. The number of ether oxygens (including phenoxy) is 1. The van der Waals surface area contributed by atoms with Gasteiger partial charge in [0.15, 0.2) is 5.03 Å². The number of aryl methyl sites for hydroxylation is 1. The van der Waals surface area contributed by atoms with Crippen LogP contribution in [0.2, 0.25) is 0 Å². The molecule has 2 aromatic rings. The topological polar surface area (TPSA) is 86.1 Å². The van der Waals surface area contributed by atoms with Gasteiger partial charge in [-0.1, -0.05) is 31.2 Å². The molecule has 0 spiro atoms. The number of sulfonamides is 1. The van der Waals surface area contributed by atoms with Crippen molar-refractivity contribution in [3.8, 4) is 5.75 Å². The van der Waals surface area contributed by atoms with E-state index in [2.05, 4.69) is 15.0 Å². The van der Waals surface area contributed by atoms with E-state index < -0.39 is 10.0 Å². The highest BCUT2D eigenvalue weighted by molar-refractivity contribution is 7.92. The third kappa shape index (κ3) is 3.72. The van der Waals surface area contributed by atoms with Crippen LogP contribution in [0.5, 0.6) is 5.75 Å². The van der Waals surface area contributed by atoms with E-state index >= 15 is 0 Å². The Morgan fingerprint density at radius 3 is 2.67 bits per heavy atom. The van der Waals surface area contributed by atoms with Gasteiger partial charge in [0, 0.05) is 7.05 Å². The van der Waals surface area contributed by atoms with Crippen molar-refractivity contribution in [3.05, 3.63) is 30.5 Å². The van der Waals surface area contributed by atoms with Crippen molar-refractivity contribution in [1.82, 2.24) is 15.0 Å². The zero-order valence-corrected chi connectivity index (χ0v) is 13.0. The fraction of sp³-hybridized carbons (Fsp3) is 0.385. The number of hydrogen-bond acceptors (Lipinski definition) is 5. The van der Waals surface area contributed by atoms with Gasteiger partial charge in [0.2, 0.25) is 0 Å². The number of anilines is 1. The predicted octanol–water partition coefficient (Wildman–Crippen LogP) is 1.65. The lowest BCUT2D eigenvalue weighted by molar-refractivity contribution is 0.272. The molecule has 1 aromatic heterocycles. The van der Waals surface area contributed by atoms with Gasteiger partial charge in [-0.05, 0) is 18.1 Å². The van der Waals surface area contributed by atoms with Crippen LogP contribution in [0.25, 0.3) is 0 Å². The summed E-state index contributed by atoms with van der Waals surface area (Å²) in [6, 6.07) is 6.90. The number of benzene rings is 1. The Morgan fingerprint density at radius 2 is 2.05 bits per heavy atom. The normalized spacial score (nSPS) is 11.6. The molecule has 1 N–H and O–H groups in total. The molecule has 0 atom stereocenters. The Kier molecular flexibility index (Phi) is 4.46. The number of nitrogens with one attached hydrogen (secondary N) is 1. The highest BCUT2D eigenvalue weighted by Crippen LogP contribution is 2.26. The van der Waals surface area contributed by atoms with E-state index in [-0.39, 0.29) is 5.03 Å². The maximum atomic E-state index is 12.3. The minimum atomic E-state index is -3.75. The summed E-state index contributed by atoms with van der Waals surface area (Å²) in [6.07, 6.45) is 1.19. The lowest BCUT2D eigenvalue weighted by Crippen LogP contribution is -2.17. The molecule has 0 saturated carbocycles. The zero-order chi connectivity index (χ0) is 15.5. The number of rotatable bonds is 6. The summed E-state index contributed by atoms with van der Waals surface area (Å²) in [5.74, 6) is 0.834. The molecule has 0 fully saturated rings. The average Bonchev–Trinajstić information content (AvgIpc) is 2.84. The first-order valence-corrected chi connectivity index (χ1v) is 7.98. The van der Waals surface area contributed by atoms with Gasteiger partial charge in [0.25, 0.3) is 10.0 Å². The molecule has 114 valence electrons. The summed E-state index contributed by atoms with van der Waals surface area (Å²) >= 11 is 0. The molecule has 7 nitrogen and oxygen atoms in total. The van der Waals surface area contributed by atoms with Gasteiger partial charge < -0.3 is 4.74 Å². The van der Waals surface area contributed by atoms with E-state index in [0.29, 0.717) is 24.0 Å². The van der Waals surface area contributed by atoms with Gasteiger partial charge in [0.05, 0.1) is 18.5 Å². The molecule has 2 rings (SSSR count). The van der Waals surface area contributed by atoms with Gasteiger partial charge in [-0.25, -0.2) is 4.68 Å². The summed E-state index contributed by atoms with van der Waals surface area (Å²) in [6.45, 7) is 4.55. The smallest absolute Gasteiger partial charge is 0.280 e. The zero-order valence-electron chi connectivity index (χ0n) is 12.1. The van der Waals surface area contributed by atoms with Crippen LogP contribution < -0.4 is 9.46 Å². The van der Waals surface area contributed by atoms with Crippen molar-refractivity contribution < 1.29 is 13.2 Å². The Morgan fingerprint density at radius 1 is 1.33 bits per heavy atom. The molecule has 21 heavy (non-hydrogen) atoms. The summed E-state index contributed by atoms with van der Waals surface area (Å²) < 4.78 is 33.9. The molecular weight excluding hydrogens is 292 g/mol. The van der Waals surface area contributed by atoms with Gasteiger partial charge in [-0.2, -0.15) is 8.42 Å². The van der Waals surface area contributed by atoms with Crippen molar-refractivity contribution >= 4 is 15.7 Å². The van der Waals surface area contributed by atoms with Crippen LogP contribution in [-0.2, 0) is 17.1 Å². The number of para-hydroxylation sites is 2. The fourth-order valence-electron chi connectivity index (χ4n) is 1.65. The van der Waals surface area contributed by atoms with Crippen LogP contribution in [0.15, 0.2) is 35.5 Å². The third-order valence-corrected chi connectivity index (χ3v) is 4.06. The molecule has 0 unspecified atom stereocenters. The van der Waals surface area contributed by atoms with E-state index in [4.69, 9.17) is 4.74 Å². The van der Waals surface area contributed by atoms with Crippen LogP contribution >= 0.6 is 0 Å². The molecule has 0 amide bonds. The second-order valence-corrected chi connectivity index (χ2v) is 6.63.